The third-order valence-corrected chi connectivity index (χ3v) is 5.66. The molecule has 3 nitrogen and oxygen atoms in total. The van der Waals surface area contributed by atoms with Crippen LogP contribution in [0.25, 0.3) is 0 Å². The van der Waals surface area contributed by atoms with Gasteiger partial charge in [-0.05, 0) is 56.2 Å². The molecule has 3 rings (SSSR count). The zero-order valence-corrected chi connectivity index (χ0v) is 14.0. The van der Waals surface area contributed by atoms with Gasteiger partial charge in [-0.2, -0.15) is 0 Å². The van der Waals surface area contributed by atoms with Gasteiger partial charge in [0.1, 0.15) is 0 Å². The van der Waals surface area contributed by atoms with Crippen LogP contribution in [0.2, 0.25) is 0 Å². The third-order valence-electron chi connectivity index (χ3n) is 4.43. The Bertz CT molecular complexity index is 481. The van der Waals surface area contributed by atoms with Crippen LogP contribution in [-0.2, 0) is 12.8 Å². The van der Waals surface area contributed by atoms with E-state index >= 15 is 0 Å². The highest BCUT2D eigenvalue weighted by atomic mass is 32.1. The van der Waals surface area contributed by atoms with Gasteiger partial charge in [-0.25, -0.2) is 0 Å². The van der Waals surface area contributed by atoms with Gasteiger partial charge in [0, 0.05) is 24.0 Å². The molecule has 1 N–H and O–H groups in total. The highest BCUT2D eigenvalue weighted by Crippen LogP contribution is 2.31. The van der Waals surface area contributed by atoms with Crippen molar-refractivity contribution in [1.82, 2.24) is 10.2 Å². The molecule has 4 heteroatoms. The standard InChI is InChI=1S/C17H26N2OS/c1-12(2)10-19(11-14-6-4-8-18-14)17(20)16-9-13-5-3-7-15(13)21-16/h9,12,14,18H,3-8,10-11H2,1-2H3. The number of fused-ring (bicyclic) bond motifs is 1. The molecule has 1 fully saturated rings. The topological polar surface area (TPSA) is 32.3 Å². The number of hydrogen-bond donors (Lipinski definition) is 1. The maximum atomic E-state index is 12.9. The van der Waals surface area contributed by atoms with E-state index in [-0.39, 0.29) is 5.91 Å². The number of carbonyl (C=O) groups is 1. The number of aryl methyl sites for hydroxylation is 2. The molecule has 1 atom stereocenters. The molecule has 1 saturated heterocycles. The second kappa shape index (κ2) is 6.49. The SMILES string of the molecule is CC(C)CN(CC1CCCN1)C(=O)c1cc2c(s1)CCC2. The summed E-state index contributed by atoms with van der Waals surface area (Å²) in [7, 11) is 0. The summed E-state index contributed by atoms with van der Waals surface area (Å²) in [4.78, 5) is 17.4. The highest BCUT2D eigenvalue weighted by Gasteiger charge is 2.26. The van der Waals surface area contributed by atoms with Crippen molar-refractivity contribution in [2.45, 2.75) is 52.0 Å². The summed E-state index contributed by atoms with van der Waals surface area (Å²) in [5.41, 5.74) is 1.42. The van der Waals surface area contributed by atoms with E-state index in [1.165, 1.54) is 36.1 Å². The molecule has 0 radical (unpaired) electrons. The van der Waals surface area contributed by atoms with Crippen LogP contribution in [0, 0.1) is 5.92 Å². The summed E-state index contributed by atoms with van der Waals surface area (Å²) in [6, 6.07) is 2.64. The summed E-state index contributed by atoms with van der Waals surface area (Å²) in [6.07, 6.45) is 6.02. The molecular weight excluding hydrogens is 280 g/mol. The van der Waals surface area contributed by atoms with Gasteiger partial charge in [-0.1, -0.05) is 13.8 Å². The fraction of sp³-hybridized carbons (Fsp3) is 0.706. The largest absolute Gasteiger partial charge is 0.336 e. The van der Waals surface area contributed by atoms with Crippen LogP contribution in [0.4, 0.5) is 0 Å². The zero-order chi connectivity index (χ0) is 14.8. The first kappa shape index (κ1) is 15.0. The van der Waals surface area contributed by atoms with E-state index in [4.69, 9.17) is 0 Å². The first-order valence-corrected chi connectivity index (χ1v) is 9.09. The Hall–Kier alpha value is -0.870. The highest BCUT2D eigenvalue weighted by molar-refractivity contribution is 7.14. The zero-order valence-electron chi connectivity index (χ0n) is 13.2. The Morgan fingerprint density at radius 3 is 2.95 bits per heavy atom. The van der Waals surface area contributed by atoms with Crippen molar-refractivity contribution in [3.8, 4) is 0 Å². The molecule has 0 bridgehead atoms. The lowest BCUT2D eigenvalue weighted by Gasteiger charge is -2.27. The van der Waals surface area contributed by atoms with Crippen LogP contribution in [0.3, 0.4) is 0 Å². The lowest BCUT2D eigenvalue weighted by Crippen LogP contribution is -2.42. The molecule has 0 saturated carbocycles. The number of carbonyl (C=O) groups excluding carboxylic acids is 1. The summed E-state index contributed by atoms with van der Waals surface area (Å²) in [5, 5.41) is 3.52. The average Bonchev–Trinajstić information content (AvgIpc) is 3.12. The maximum absolute atomic E-state index is 12.9. The van der Waals surface area contributed by atoms with Crippen LogP contribution in [-0.4, -0.2) is 36.5 Å². The van der Waals surface area contributed by atoms with Crippen LogP contribution in [0.15, 0.2) is 6.07 Å². The van der Waals surface area contributed by atoms with Gasteiger partial charge >= 0.3 is 0 Å². The Balaban J connectivity index is 1.72. The molecule has 116 valence electrons. The van der Waals surface area contributed by atoms with Crippen molar-refractivity contribution in [3.63, 3.8) is 0 Å². The molecule has 1 aromatic heterocycles. The average molecular weight is 306 g/mol. The van der Waals surface area contributed by atoms with Crippen molar-refractivity contribution in [1.29, 1.82) is 0 Å². The molecule has 0 spiro atoms. The molecule has 1 amide bonds. The van der Waals surface area contributed by atoms with E-state index in [0.29, 0.717) is 12.0 Å². The Morgan fingerprint density at radius 1 is 1.43 bits per heavy atom. The van der Waals surface area contributed by atoms with Crippen molar-refractivity contribution in [2.24, 2.45) is 5.92 Å². The first-order valence-electron chi connectivity index (χ1n) is 8.27. The second-order valence-corrected chi connectivity index (χ2v) is 7.95. The Labute approximate surface area is 131 Å². The monoisotopic (exact) mass is 306 g/mol. The minimum Gasteiger partial charge on any atom is -0.336 e. The third kappa shape index (κ3) is 3.49. The lowest BCUT2D eigenvalue weighted by atomic mass is 10.1. The Kier molecular flexibility index (Phi) is 4.65. The van der Waals surface area contributed by atoms with Gasteiger partial charge in [0.25, 0.3) is 5.91 Å². The number of thiophene rings is 1. The van der Waals surface area contributed by atoms with Crippen molar-refractivity contribution >= 4 is 17.2 Å². The number of rotatable bonds is 5. The predicted octanol–water partition coefficient (Wildman–Crippen LogP) is 3.09. The molecule has 2 heterocycles. The van der Waals surface area contributed by atoms with Crippen LogP contribution in [0.1, 0.15) is 53.2 Å². The summed E-state index contributed by atoms with van der Waals surface area (Å²) in [5.74, 6) is 0.763. The van der Waals surface area contributed by atoms with Crippen LogP contribution >= 0.6 is 11.3 Å². The van der Waals surface area contributed by atoms with Crippen molar-refractivity contribution < 1.29 is 4.79 Å². The van der Waals surface area contributed by atoms with Crippen molar-refractivity contribution in [2.75, 3.05) is 19.6 Å². The summed E-state index contributed by atoms with van der Waals surface area (Å²) in [6.45, 7) is 7.20. The molecule has 1 unspecified atom stereocenters. The van der Waals surface area contributed by atoms with Gasteiger partial charge in [0.2, 0.25) is 0 Å². The first-order chi connectivity index (χ1) is 10.1. The molecular formula is C17H26N2OS. The summed E-state index contributed by atoms with van der Waals surface area (Å²) >= 11 is 1.73. The van der Waals surface area contributed by atoms with Gasteiger partial charge in [-0.3, -0.25) is 4.79 Å². The molecule has 1 aliphatic heterocycles. The van der Waals surface area contributed by atoms with Crippen molar-refractivity contribution in [3.05, 3.63) is 21.4 Å². The fourth-order valence-electron chi connectivity index (χ4n) is 3.45. The molecule has 21 heavy (non-hydrogen) atoms. The number of nitrogens with one attached hydrogen (secondary N) is 1. The second-order valence-electron chi connectivity index (χ2n) is 6.81. The van der Waals surface area contributed by atoms with Gasteiger partial charge in [-0.15, -0.1) is 11.3 Å². The molecule has 2 aliphatic rings. The van der Waals surface area contributed by atoms with E-state index < -0.39 is 0 Å². The Morgan fingerprint density at radius 2 is 2.29 bits per heavy atom. The summed E-state index contributed by atoms with van der Waals surface area (Å²) < 4.78 is 0. The smallest absolute Gasteiger partial charge is 0.264 e. The minimum absolute atomic E-state index is 0.247. The van der Waals surface area contributed by atoms with Gasteiger partial charge in [0.15, 0.2) is 0 Å². The van der Waals surface area contributed by atoms with Crippen LogP contribution in [0.5, 0.6) is 0 Å². The molecule has 0 aromatic carbocycles. The molecule has 1 aromatic rings. The lowest BCUT2D eigenvalue weighted by molar-refractivity contribution is 0.0726. The van der Waals surface area contributed by atoms with E-state index in [2.05, 4.69) is 30.1 Å². The quantitative estimate of drug-likeness (QED) is 0.906. The number of hydrogen-bond acceptors (Lipinski definition) is 3. The van der Waals surface area contributed by atoms with Gasteiger partial charge in [0.05, 0.1) is 4.88 Å². The molecule has 1 aliphatic carbocycles. The fourth-order valence-corrected chi connectivity index (χ4v) is 4.67. The number of amides is 1. The van der Waals surface area contributed by atoms with Gasteiger partial charge < -0.3 is 10.2 Å². The van der Waals surface area contributed by atoms with E-state index in [1.54, 1.807) is 11.3 Å². The normalized spacial score (nSPS) is 21.0. The van der Waals surface area contributed by atoms with E-state index in [1.807, 2.05) is 0 Å². The van der Waals surface area contributed by atoms with E-state index in [0.717, 1.165) is 30.9 Å². The van der Waals surface area contributed by atoms with E-state index in [9.17, 15) is 4.79 Å². The van der Waals surface area contributed by atoms with Crippen LogP contribution < -0.4 is 5.32 Å². The maximum Gasteiger partial charge on any atom is 0.264 e. The minimum atomic E-state index is 0.247. The number of nitrogens with zero attached hydrogens (tertiary/aromatic N) is 1. The predicted molar refractivity (Wildman–Crippen MR) is 88.1 cm³/mol.